The Bertz CT molecular complexity index is 1000. The fourth-order valence-electron chi connectivity index (χ4n) is 3.55. The van der Waals surface area contributed by atoms with Crippen molar-refractivity contribution in [3.63, 3.8) is 0 Å². The van der Waals surface area contributed by atoms with Gasteiger partial charge in [-0.3, -0.25) is 5.32 Å². The van der Waals surface area contributed by atoms with Crippen molar-refractivity contribution < 1.29 is 23.8 Å². The Morgan fingerprint density at radius 3 is 3.00 bits per heavy atom. The number of urea groups is 1. The Balaban J connectivity index is 1.45. The van der Waals surface area contributed by atoms with Gasteiger partial charge in [-0.25, -0.2) is 15.0 Å². The predicted octanol–water partition coefficient (Wildman–Crippen LogP) is 3.93. The zero-order valence-corrected chi connectivity index (χ0v) is 17.6. The molecule has 1 atom stereocenters. The van der Waals surface area contributed by atoms with E-state index in [0.29, 0.717) is 28.0 Å². The molecule has 0 saturated carbocycles. The first-order chi connectivity index (χ1) is 14.5. The summed E-state index contributed by atoms with van der Waals surface area (Å²) in [7, 11) is 0. The standard InChI is InChI=1S/C21H23N3O5S/c1-3-27-20(25)18-14-6-4-12(2)8-17(14)30-19(18)23-21(26)24-22-10-13-5-7-15-16(9-13)29-11-28-15/h5,7,9-10,12H,3-4,6,8,11H2,1-2H3,(H2,23,24,26)/b22-10-/t12-/m0/s1. The highest BCUT2D eigenvalue weighted by atomic mass is 32.1. The lowest BCUT2D eigenvalue weighted by atomic mass is 9.88. The van der Waals surface area contributed by atoms with Crippen LogP contribution in [-0.4, -0.2) is 31.6 Å². The highest BCUT2D eigenvalue weighted by molar-refractivity contribution is 7.17. The quantitative estimate of drug-likeness (QED) is 0.426. The van der Waals surface area contributed by atoms with Crippen molar-refractivity contribution in [2.24, 2.45) is 11.0 Å². The lowest BCUT2D eigenvalue weighted by Gasteiger charge is -2.18. The Labute approximate surface area is 178 Å². The van der Waals surface area contributed by atoms with Crippen molar-refractivity contribution in [3.05, 3.63) is 39.8 Å². The fraction of sp³-hybridized carbons (Fsp3) is 0.381. The molecule has 9 heteroatoms. The van der Waals surface area contributed by atoms with Crippen LogP contribution in [0.5, 0.6) is 11.5 Å². The summed E-state index contributed by atoms with van der Waals surface area (Å²) in [5.41, 5.74) is 4.66. The number of ether oxygens (including phenoxy) is 3. The average Bonchev–Trinajstić information content (AvgIpc) is 3.31. The molecule has 30 heavy (non-hydrogen) atoms. The SMILES string of the molecule is CCOC(=O)c1c(NC(=O)N/N=C\c2ccc3c(c2)OCO3)sc2c1CC[C@H](C)C2. The number of hydrogen-bond donors (Lipinski definition) is 2. The molecular weight excluding hydrogens is 406 g/mol. The first-order valence-electron chi connectivity index (χ1n) is 9.86. The summed E-state index contributed by atoms with van der Waals surface area (Å²) in [6.07, 6.45) is 4.24. The maximum atomic E-state index is 12.5. The van der Waals surface area contributed by atoms with Crippen molar-refractivity contribution in [1.82, 2.24) is 5.43 Å². The van der Waals surface area contributed by atoms with E-state index in [2.05, 4.69) is 22.8 Å². The van der Waals surface area contributed by atoms with Crippen molar-refractivity contribution in [3.8, 4) is 11.5 Å². The molecule has 1 aliphatic heterocycles. The van der Waals surface area contributed by atoms with Gasteiger partial charge in [-0.1, -0.05) is 6.92 Å². The average molecular weight is 429 g/mol. The van der Waals surface area contributed by atoms with Crippen LogP contribution in [0.3, 0.4) is 0 Å². The molecule has 2 aromatic rings. The molecule has 0 spiro atoms. The first kappa shape index (κ1) is 20.2. The number of hydrogen-bond acceptors (Lipinski definition) is 7. The van der Waals surface area contributed by atoms with Gasteiger partial charge in [-0.2, -0.15) is 5.10 Å². The summed E-state index contributed by atoms with van der Waals surface area (Å²) in [5.74, 6) is 1.48. The Morgan fingerprint density at radius 1 is 1.33 bits per heavy atom. The lowest BCUT2D eigenvalue weighted by molar-refractivity contribution is 0.0526. The van der Waals surface area contributed by atoms with Crippen LogP contribution >= 0.6 is 11.3 Å². The van der Waals surface area contributed by atoms with Crippen LogP contribution in [0, 0.1) is 5.92 Å². The number of rotatable bonds is 5. The molecule has 4 rings (SSSR count). The molecule has 0 fully saturated rings. The topological polar surface area (TPSA) is 98.2 Å². The molecule has 1 aromatic carbocycles. The van der Waals surface area contributed by atoms with Gasteiger partial charge in [-0.15, -0.1) is 11.3 Å². The minimum atomic E-state index is -0.524. The predicted molar refractivity (Wildman–Crippen MR) is 114 cm³/mol. The second-order valence-electron chi connectivity index (χ2n) is 7.21. The lowest BCUT2D eigenvalue weighted by Crippen LogP contribution is -2.25. The third kappa shape index (κ3) is 4.25. The van der Waals surface area contributed by atoms with Gasteiger partial charge in [0, 0.05) is 4.88 Å². The zero-order valence-electron chi connectivity index (χ0n) is 16.8. The fourth-order valence-corrected chi connectivity index (χ4v) is 4.94. The third-order valence-corrected chi connectivity index (χ3v) is 6.16. The largest absolute Gasteiger partial charge is 0.462 e. The molecule has 2 aliphatic rings. The molecule has 8 nitrogen and oxygen atoms in total. The Kier molecular flexibility index (Phi) is 5.89. The molecule has 1 aromatic heterocycles. The number of amides is 2. The number of fused-ring (bicyclic) bond motifs is 2. The van der Waals surface area contributed by atoms with Gasteiger partial charge in [-0.05, 0) is 61.4 Å². The van der Waals surface area contributed by atoms with Crippen molar-refractivity contribution in [1.29, 1.82) is 0 Å². The Morgan fingerprint density at radius 2 is 2.17 bits per heavy atom. The normalized spacial score (nSPS) is 16.9. The molecule has 0 unspecified atom stereocenters. The number of nitrogens with one attached hydrogen (secondary N) is 2. The molecule has 0 saturated heterocycles. The van der Waals surface area contributed by atoms with E-state index in [0.717, 1.165) is 35.3 Å². The van der Waals surface area contributed by atoms with Crippen molar-refractivity contribution >= 4 is 34.6 Å². The summed E-state index contributed by atoms with van der Waals surface area (Å²) in [4.78, 5) is 26.0. The van der Waals surface area contributed by atoms with Gasteiger partial charge in [0.15, 0.2) is 11.5 Å². The highest BCUT2D eigenvalue weighted by Crippen LogP contribution is 2.40. The number of benzene rings is 1. The number of carbonyl (C=O) groups is 2. The summed E-state index contributed by atoms with van der Waals surface area (Å²) < 4.78 is 15.8. The van der Waals surface area contributed by atoms with E-state index in [1.807, 2.05) is 6.07 Å². The minimum Gasteiger partial charge on any atom is -0.462 e. The number of anilines is 1. The second kappa shape index (κ2) is 8.74. The van der Waals surface area contributed by atoms with Crippen LogP contribution in [0.1, 0.15) is 46.6 Å². The third-order valence-electron chi connectivity index (χ3n) is 4.99. The molecule has 2 heterocycles. The van der Waals surface area contributed by atoms with E-state index < -0.39 is 12.0 Å². The molecule has 0 bridgehead atoms. The summed E-state index contributed by atoms with van der Waals surface area (Å²) >= 11 is 1.44. The van der Waals surface area contributed by atoms with Crippen LogP contribution in [0.2, 0.25) is 0 Å². The van der Waals surface area contributed by atoms with Crippen molar-refractivity contribution in [2.75, 3.05) is 18.7 Å². The van der Waals surface area contributed by atoms with E-state index >= 15 is 0 Å². The zero-order chi connectivity index (χ0) is 21.1. The number of nitrogens with zero attached hydrogens (tertiary/aromatic N) is 1. The van der Waals surface area contributed by atoms with Gasteiger partial charge >= 0.3 is 12.0 Å². The Hall–Kier alpha value is -3.07. The number of esters is 1. The first-order valence-corrected chi connectivity index (χ1v) is 10.7. The highest BCUT2D eigenvalue weighted by Gasteiger charge is 2.29. The summed E-state index contributed by atoms with van der Waals surface area (Å²) in [6.45, 7) is 4.44. The van der Waals surface area contributed by atoms with Crippen LogP contribution in [-0.2, 0) is 17.6 Å². The molecular formula is C21H23N3O5S. The maximum Gasteiger partial charge on any atom is 0.341 e. The van der Waals surface area contributed by atoms with Gasteiger partial charge in [0.1, 0.15) is 5.00 Å². The minimum absolute atomic E-state index is 0.197. The monoisotopic (exact) mass is 429 g/mol. The molecule has 2 amide bonds. The maximum absolute atomic E-state index is 12.5. The van der Waals surface area contributed by atoms with E-state index in [1.165, 1.54) is 17.6 Å². The molecule has 158 valence electrons. The van der Waals surface area contributed by atoms with Gasteiger partial charge < -0.3 is 14.2 Å². The van der Waals surface area contributed by atoms with Crippen LogP contribution < -0.4 is 20.2 Å². The molecule has 2 N–H and O–H groups in total. The number of thiophene rings is 1. The number of carbonyl (C=O) groups excluding carboxylic acids is 2. The van der Waals surface area contributed by atoms with Gasteiger partial charge in [0.05, 0.1) is 18.4 Å². The van der Waals surface area contributed by atoms with Gasteiger partial charge in [0.25, 0.3) is 0 Å². The van der Waals surface area contributed by atoms with E-state index in [-0.39, 0.29) is 13.4 Å². The number of hydrazone groups is 1. The molecule has 1 aliphatic carbocycles. The summed E-state index contributed by atoms with van der Waals surface area (Å²) in [6, 6.07) is 4.85. The van der Waals surface area contributed by atoms with Crippen molar-refractivity contribution in [2.45, 2.75) is 33.1 Å². The van der Waals surface area contributed by atoms with Crippen LogP contribution in [0.15, 0.2) is 23.3 Å². The summed E-state index contributed by atoms with van der Waals surface area (Å²) in [5, 5.41) is 7.24. The van der Waals surface area contributed by atoms with Gasteiger partial charge in [0.2, 0.25) is 6.79 Å². The van der Waals surface area contributed by atoms with E-state index in [4.69, 9.17) is 14.2 Å². The second-order valence-corrected chi connectivity index (χ2v) is 8.32. The van der Waals surface area contributed by atoms with Crippen LogP contribution in [0.25, 0.3) is 0 Å². The van der Waals surface area contributed by atoms with Crippen LogP contribution in [0.4, 0.5) is 9.80 Å². The smallest absolute Gasteiger partial charge is 0.341 e. The molecule has 0 radical (unpaired) electrons. The van der Waals surface area contributed by atoms with E-state index in [9.17, 15) is 9.59 Å². The van der Waals surface area contributed by atoms with E-state index in [1.54, 1.807) is 19.1 Å².